The normalized spacial score (nSPS) is 60.0. The number of rotatable bonds is 0. The molecule has 4 fully saturated rings. The lowest BCUT2D eigenvalue weighted by Crippen LogP contribution is -2.59. The van der Waals surface area contributed by atoms with Crippen molar-refractivity contribution in [3.8, 4) is 0 Å². The van der Waals surface area contributed by atoms with Gasteiger partial charge in [0, 0.05) is 0 Å². The van der Waals surface area contributed by atoms with Crippen LogP contribution in [0.4, 0.5) is 0 Å². The van der Waals surface area contributed by atoms with Gasteiger partial charge in [0.05, 0.1) is 11.7 Å². The summed E-state index contributed by atoms with van der Waals surface area (Å²) < 4.78 is 0. The van der Waals surface area contributed by atoms with E-state index in [4.69, 9.17) is 0 Å². The van der Waals surface area contributed by atoms with Crippen molar-refractivity contribution < 1.29 is 10.2 Å². The fourth-order valence-electron chi connectivity index (χ4n) is 7.05. The van der Waals surface area contributed by atoms with E-state index in [0.717, 1.165) is 30.1 Å². The summed E-state index contributed by atoms with van der Waals surface area (Å²) in [4.78, 5) is 0. The van der Waals surface area contributed by atoms with Crippen LogP contribution in [0.15, 0.2) is 0 Å². The molecule has 4 saturated carbocycles. The SMILES string of the molecule is CC1C2C(CCC3C4CCCC4CCC32)CC(O)C1(C)O. The molecule has 2 N–H and O–H groups in total. The van der Waals surface area contributed by atoms with Crippen LogP contribution in [-0.4, -0.2) is 21.9 Å². The van der Waals surface area contributed by atoms with Crippen molar-refractivity contribution in [2.24, 2.45) is 41.4 Å². The lowest BCUT2D eigenvalue weighted by Gasteiger charge is -2.58. The Labute approximate surface area is 129 Å². The van der Waals surface area contributed by atoms with E-state index in [1.54, 1.807) is 0 Å². The van der Waals surface area contributed by atoms with E-state index >= 15 is 0 Å². The molecule has 0 amide bonds. The molecule has 0 radical (unpaired) electrons. The van der Waals surface area contributed by atoms with Gasteiger partial charge in [-0.15, -0.1) is 0 Å². The van der Waals surface area contributed by atoms with Gasteiger partial charge in [-0.25, -0.2) is 0 Å². The van der Waals surface area contributed by atoms with Crippen LogP contribution in [0.3, 0.4) is 0 Å². The van der Waals surface area contributed by atoms with Crippen molar-refractivity contribution in [3.63, 3.8) is 0 Å². The van der Waals surface area contributed by atoms with Crippen molar-refractivity contribution >= 4 is 0 Å². The molecule has 21 heavy (non-hydrogen) atoms. The zero-order chi connectivity index (χ0) is 14.8. The molecule has 120 valence electrons. The first-order valence-electron chi connectivity index (χ1n) is 9.40. The Morgan fingerprint density at radius 3 is 2.38 bits per heavy atom. The Balaban J connectivity index is 1.61. The summed E-state index contributed by atoms with van der Waals surface area (Å²) in [6, 6.07) is 0. The molecule has 0 heterocycles. The number of fused-ring (bicyclic) bond motifs is 5. The minimum Gasteiger partial charge on any atom is -0.390 e. The molecule has 4 aliphatic rings. The maximum Gasteiger partial charge on any atom is 0.0905 e. The lowest BCUT2D eigenvalue weighted by molar-refractivity contribution is -0.185. The van der Waals surface area contributed by atoms with Crippen LogP contribution in [-0.2, 0) is 0 Å². The van der Waals surface area contributed by atoms with Gasteiger partial charge in [-0.2, -0.15) is 0 Å². The maximum absolute atomic E-state index is 10.8. The average Bonchev–Trinajstić information content (AvgIpc) is 2.93. The van der Waals surface area contributed by atoms with Gasteiger partial charge in [0.2, 0.25) is 0 Å². The second kappa shape index (κ2) is 4.96. The van der Waals surface area contributed by atoms with Gasteiger partial charge >= 0.3 is 0 Å². The topological polar surface area (TPSA) is 40.5 Å². The van der Waals surface area contributed by atoms with E-state index in [1.165, 1.54) is 44.9 Å². The second-order valence-electron chi connectivity index (χ2n) is 8.94. The Hall–Kier alpha value is -0.0800. The Bertz CT molecular complexity index is 404. The zero-order valence-corrected chi connectivity index (χ0v) is 13.7. The third kappa shape index (κ3) is 2.05. The minimum atomic E-state index is -0.879. The van der Waals surface area contributed by atoms with E-state index in [-0.39, 0.29) is 5.92 Å². The molecule has 0 spiro atoms. The summed E-state index contributed by atoms with van der Waals surface area (Å²) in [5.41, 5.74) is -0.879. The summed E-state index contributed by atoms with van der Waals surface area (Å²) in [6.45, 7) is 4.09. The monoisotopic (exact) mass is 292 g/mol. The largest absolute Gasteiger partial charge is 0.390 e. The van der Waals surface area contributed by atoms with E-state index < -0.39 is 11.7 Å². The summed E-state index contributed by atoms with van der Waals surface area (Å²) >= 11 is 0. The minimum absolute atomic E-state index is 0.247. The van der Waals surface area contributed by atoms with Gasteiger partial charge < -0.3 is 10.2 Å². The van der Waals surface area contributed by atoms with Gasteiger partial charge in [0.1, 0.15) is 0 Å². The van der Waals surface area contributed by atoms with Crippen molar-refractivity contribution in [2.75, 3.05) is 0 Å². The van der Waals surface area contributed by atoms with Crippen LogP contribution in [0, 0.1) is 41.4 Å². The molecule has 4 aliphatic carbocycles. The highest BCUT2D eigenvalue weighted by molar-refractivity contribution is 5.06. The zero-order valence-electron chi connectivity index (χ0n) is 13.7. The number of aliphatic hydroxyl groups excluding tert-OH is 1. The molecule has 2 heteroatoms. The summed E-state index contributed by atoms with van der Waals surface area (Å²) in [5.74, 6) is 5.34. The van der Waals surface area contributed by atoms with Gasteiger partial charge in [-0.3, -0.25) is 0 Å². The van der Waals surface area contributed by atoms with Crippen LogP contribution in [0.5, 0.6) is 0 Å². The molecule has 9 unspecified atom stereocenters. The fraction of sp³-hybridized carbons (Fsp3) is 1.00. The summed E-state index contributed by atoms with van der Waals surface area (Å²) in [7, 11) is 0. The van der Waals surface area contributed by atoms with Crippen LogP contribution in [0.1, 0.15) is 65.2 Å². The first-order chi connectivity index (χ1) is 10.00. The van der Waals surface area contributed by atoms with Gasteiger partial charge in [0.25, 0.3) is 0 Å². The first-order valence-corrected chi connectivity index (χ1v) is 9.40. The molecule has 4 rings (SSSR count). The molecule has 0 aromatic rings. The first kappa shape index (κ1) is 14.5. The summed E-state index contributed by atoms with van der Waals surface area (Å²) in [6.07, 6.45) is 10.2. The number of hydrogen-bond donors (Lipinski definition) is 2. The molecule has 0 aliphatic heterocycles. The molecule has 0 aromatic carbocycles. The molecule has 9 atom stereocenters. The lowest BCUT2D eigenvalue weighted by atomic mass is 9.49. The highest BCUT2D eigenvalue weighted by Crippen LogP contribution is 2.60. The van der Waals surface area contributed by atoms with Gasteiger partial charge in [-0.1, -0.05) is 19.8 Å². The maximum atomic E-state index is 10.8. The Morgan fingerprint density at radius 1 is 0.857 bits per heavy atom. The molecule has 2 nitrogen and oxygen atoms in total. The molecule has 0 aromatic heterocycles. The highest BCUT2D eigenvalue weighted by atomic mass is 16.3. The standard InChI is InChI=1S/C19H32O2/c1-11-18-13(10-17(20)19(11,2)21)7-8-15-14-5-3-4-12(14)6-9-16(15)18/h11-18,20-21H,3-10H2,1-2H3. The highest BCUT2D eigenvalue weighted by Gasteiger charge is 2.56. The molecular weight excluding hydrogens is 260 g/mol. The Morgan fingerprint density at radius 2 is 1.57 bits per heavy atom. The van der Waals surface area contributed by atoms with Crippen LogP contribution >= 0.6 is 0 Å². The van der Waals surface area contributed by atoms with Gasteiger partial charge in [-0.05, 0) is 86.9 Å². The predicted octanol–water partition coefficient (Wildman–Crippen LogP) is 3.61. The second-order valence-corrected chi connectivity index (χ2v) is 8.94. The van der Waals surface area contributed by atoms with Crippen molar-refractivity contribution in [1.82, 2.24) is 0 Å². The third-order valence-corrected chi connectivity index (χ3v) is 8.30. The Kier molecular flexibility index (Phi) is 3.43. The van der Waals surface area contributed by atoms with Crippen LogP contribution in [0.25, 0.3) is 0 Å². The predicted molar refractivity (Wildman–Crippen MR) is 83.7 cm³/mol. The summed E-state index contributed by atoms with van der Waals surface area (Å²) in [5, 5.41) is 21.1. The van der Waals surface area contributed by atoms with Crippen molar-refractivity contribution in [3.05, 3.63) is 0 Å². The molecule has 0 saturated heterocycles. The average molecular weight is 292 g/mol. The smallest absolute Gasteiger partial charge is 0.0905 e. The van der Waals surface area contributed by atoms with E-state index in [9.17, 15) is 10.2 Å². The van der Waals surface area contributed by atoms with Crippen molar-refractivity contribution in [1.29, 1.82) is 0 Å². The molecular formula is C19H32O2. The van der Waals surface area contributed by atoms with Crippen molar-refractivity contribution in [2.45, 2.75) is 76.9 Å². The number of aliphatic hydroxyl groups is 2. The van der Waals surface area contributed by atoms with Crippen LogP contribution in [0.2, 0.25) is 0 Å². The van der Waals surface area contributed by atoms with Gasteiger partial charge in [0.15, 0.2) is 0 Å². The van der Waals surface area contributed by atoms with E-state index in [2.05, 4.69) is 6.92 Å². The van der Waals surface area contributed by atoms with Crippen LogP contribution < -0.4 is 0 Å². The molecule has 0 bridgehead atoms. The van der Waals surface area contributed by atoms with E-state index in [1.807, 2.05) is 6.92 Å². The quantitative estimate of drug-likeness (QED) is 0.716. The van der Waals surface area contributed by atoms with E-state index in [0.29, 0.717) is 11.8 Å². The fourth-order valence-corrected chi connectivity index (χ4v) is 7.05. The third-order valence-electron chi connectivity index (χ3n) is 8.30. The number of hydrogen-bond acceptors (Lipinski definition) is 2.